The number of hydrogen-bond acceptors (Lipinski definition) is 5. The van der Waals surface area contributed by atoms with Crippen LogP contribution in [0.2, 0.25) is 0 Å². The average molecular weight is 328 g/mol. The van der Waals surface area contributed by atoms with E-state index in [0.717, 1.165) is 22.6 Å². The monoisotopic (exact) mass is 328 g/mol. The van der Waals surface area contributed by atoms with Crippen LogP contribution in [0.15, 0.2) is 30.5 Å². The van der Waals surface area contributed by atoms with Gasteiger partial charge in [0, 0.05) is 17.8 Å². The lowest BCUT2D eigenvalue weighted by Gasteiger charge is -2.21. The van der Waals surface area contributed by atoms with Gasteiger partial charge < -0.3 is 19.5 Å². The Balaban J connectivity index is 1.92. The van der Waals surface area contributed by atoms with Crippen molar-refractivity contribution in [3.63, 3.8) is 0 Å². The molecular weight excluding hydrogens is 308 g/mol. The number of amides is 1. The highest BCUT2D eigenvalue weighted by Crippen LogP contribution is 2.27. The molecule has 0 atom stereocenters. The van der Waals surface area contributed by atoms with Crippen LogP contribution in [0.1, 0.15) is 27.2 Å². The van der Waals surface area contributed by atoms with Gasteiger partial charge in [-0.2, -0.15) is 0 Å². The van der Waals surface area contributed by atoms with E-state index in [0.29, 0.717) is 31.0 Å². The minimum atomic E-state index is -0.122. The molecule has 1 aromatic carbocycles. The van der Waals surface area contributed by atoms with Gasteiger partial charge in [-0.1, -0.05) is 6.07 Å². The van der Waals surface area contributed by atoms with Gasteiger partial charge >= 0.3 is 0 Å². The first-order valence-corrected chi connectivity index (χ1v) is 7.77. The molecule has 1 aliphatic heterocycles. The lowest BCUT2D eigenvalue weighted by atomic mass is 10.1. The third-order valence-corrected chi connectivity index (χ3v) is 4.03. The number of aromatic nitrogens is 1. The minimum Gasteiger partial charge on any atom is -0.494 e. The van der Waals surface area contributed by atoms with Crippen molar-refractivity contribution in [2.45, 2.75) is 20.1 Å². The van der Waals surface area contributed by atoms with Crippen molar-refractivity contribution in [2.24, 2.45) is 0 Å². The molecule has 6 heteroatoms. The van der Waals surface area contributed by atoms with E-state index in [2.05, 4.69) is 4.98 Å². The molecule has 0 fully saturated rings. The Morgan fingerprint density at radius 2 is 2.25 bits per heavy atom. The van der Waals surface area contributed by atoms with Crippen molar-refractivity contribution in [3.8, 4) is 11.5 Å². The van der Waals surface area contributed by atoms with Crippen LogP contribution in [0.25, 0.3) is 0 Å². The fourth-order valence-electron chi connectivity index (χ4n) is 2.77. The molecule has 6 nitrogen and oxygen atoms in total. The number of fused-ring (bicyclic) bond motifs is 1. The molecule has 126 valence electrons. The predicted molar refractivity (Wildman–Crippen MR) is 88.1 cm³/mol. The molecule has 1 N–H and O–H groups in total. The van der Waals surface area contributed by atoms with E-state index in [-0.39, 0.29) is 12.5 Å². The lowest BCUT2D eigenvalue weighted by Crippen LogP contribution is -2.32. The van der Waals surface area contributed by atoms with Crippen LogP contribution in [0.4, 0.5) is 0 Å². The van der Waals surface area contributed by atoms with Crippen molar-refractivity contribution >= 4 is 5.91 Å². The van der Waals surface area contributed by atoms with E-state index in [1.54, 1.807) is 17.2 Å². The molecule has 24 heavy (non-hydrogen) atoms. The van der Waals surface area contributed by atoms with Crippen molar-refractivity contribution in [2.75, 3.05) is 20.3 Å². The van der Waals surface area contributed by atoms with Crippen molar-refractivity contribution in [1.82, 2.24) is 9.88 Å². The van der Waals surface area contributed by atoms with Crippen LogP contribution in [0.5, 0.6) is 11.5 Å². The third kappa shape index (κ3) is 3.19. The fraction of sp³-hybridized carbons (Fsp3) is 0.333. The van der Waals surface area contributed by atoms with Crippen LogP contribution in [0, 0.1) is 6.92 Å². The molecule has 0 spiro atoms. The Kier molecular flexibility index (Phi) is 4.66. The zero-order valence-electron chi connectivity index (χ0n) is 13.8. The molecule has 0 unspecified atom stereocenters. The summed E-state index contributed by atoms with van der Waals surface area (Å²) in [6, 6.07) is 7.27. The Morgan fingerprint density at radius 3 is 3.00 bits per heavy atom. The summed E-state index contributed by atoms with van der Waals surface area (Å²) in [7, 11) is 1.53. The van der Waals surface area contributed by atoms with E-state index in [4.69, 9.17) is 9.47 Å². The summed E-state index contributed by atoms with van der Waals surface area (Å²) in [5.41, 5.74) is 2.93. The molecule has 1 aromatic heterocycles. The summed E-state index contributed by atoms with van der Waals surface area (Å²) < 4.78 is 11.0. The smallest absolute Gasteiger partial charge is 0.258 e. The van der Waals surface area contributed by atoms with Crippen LogP contribution in [0.3, 0.4) is 0 Å². The fourth-order valence-corrected chi connectivity index (χ4v) is 2.77. The van der Waals surface area contributed by atoms with Gasteiger partial charge in [0.2, 0.25) is 0 Å². The zero-order valence-corrected chi connectivity index (χ0v) is 13.8. The van der Waals surface area contributed by atoms with E-state index in [9.17, 15) is 9.90 Å². The SMILES string of the molecule is COc1cnc(C)cc1C(=O)N1CCOc2ccc(CO)cc2C1. The summed E-state index contributed by atoms with van der Waals surface area (Å²) in [6.07, 6.45) is 1.56. The number of rotatable bonds is 3. The van der Waals surface area contributed by atoms with Gasteiger partial charge in [0.25, 0.3) is 5.91 Å². The molecule has 0 radical (unpaired) electrons. The summed E-state index contributed by atoms with van der Waals surface area (Å²) in [6.45, 7) is 3.12. The minimum absolute atomic E-state index is 0.0431. The summed E-state index contributed by atoms with van der Waals surface area (Å²) in [5.74, 6) is 1.09. The first kappa shape index (κ1) is 16.3. The van der Waals surface area contributed by atoms with Crippen molar-refractivity contribution in [3.05, 3.63) is 52.8 Å². The second-order valence-electron chi connectivity index (χ2n) is 5.70. The van der Waals surface area contributed by atoms with Crippen molar-refractivity contribution < 1.29 is 19.4 Å². The number of aliphatic hydroxyl groups is 1. The van der Waals surface area contributed by atoms with Crippen LogP contribution < -0.4 is 9.47 Å². The van der Waals surface area contributed by atoms with Crippen molar-refractivity contribution in [1.29, 1.82) is 0 Å². The van der Waals surface area contributed by atoms with Gasteiger partial charge in [0.05, 0.1) is 32.0 Å². The normalized spacial score (nSPS) is 13.7. The number of aryl methyl sites for hydroxylation is 1. The van der Waals surface area contributed by atoms with Crippen LogP contribution in [-0.4, -0.2) is 41.2 Å². The molecule has 0 saturated heterocycles. The summed E-state index contributed by atoms with van der Waals surface area (Å²) in [5, 5.41) is 9.32. The van der Waals surface area contributed by atoms with Gasteiger partial charge in [0.1, 0.15) is 18.1 Å². The average Bonchev–Trinajstić information content (AvgIpc) is 2.82. The predicted octanol–water partition coefficient (Wildman–Crippen LogP) is 1.93. The molecular formula is C18H20N2O4. The maximum atomic E-state index is 13.0. The molecule has 0 bridgehead atoms. The first-order valence-electron chi connectivity index (χ1n) is 7.77. The van der Waals surface area contributed by atoms with Gasteiger partial charge in [-0.3, -0.25) is 9.78 Å². The number of benzene rings is 1. The highest BCUT2D eigenvalue weighted by atomic mass is 16.5. The van der Waals surface area contributed by atoms with Crippen LogP contribution in [-0.2, 0) is 13.2 Å². The number of hydrogen-bond donors (Lipinski definition) is 1. The van der Waals surface area contributed by atoms with Gasteiger partial charge in [-0.25, -0.2) is 0 Å². The number of carbonyl (C=O) groups is 1. The standard InChI is InChI=1S/C18H20N2O4/c1-12-7-15(17(23-2)9-19-12)18(22)20-5-6-24-16-4-3-13(11-21)8-14(16)10-20/h3-4,7-9,21H,5-6,10-11H2,1-2H3. The Labute approximate surface area is 140 Å². The van der Waals surface area contributed by atoms with Gasteiger partial charge in [-0.15, -0.1) is 0 Å². The second kappa shape index (κ2) is 6.88. The lowest BCUT2D eigenvalue weighted by molar-refractivity contribution is 0.0729. The third-order valence-electron chi connectivity index (χ3n) is 4.03. The van der Waals surface area contributed by atoms with E-state index >= 15 is 0 Å². The van der Waals surface area contributed by atoms with Gasteiger partial charge in [-0.05, 0) is 30.7 Å². The maximum absolute atomic E-state index is 13.0. The Morgan fingerprint density at radius 1 is 1.42 bits per heavy atom. The van der Waals surface area contributed by atoms with E-state index < -0.39 is 0 Å². The highest BCUT2D eigenvalue weighted by molar-refractivity contribution is 5.97. The van der Waals surface area contributed by atoms with Crippen LogP contribution >= 0.6 is 0 Å². The first-order chi connectivity index (χ1) is 11.6. The maximum Gasteiger partial charge on any atom is 0.258 e. The van der Waals surface area contributed by atoms with E-state index in [1.807, 2.05) is 25.1 Å². The molecule has 0 saturated carbocycles. The number of aliphatic hydroxyl groups excluding tert-OH is 1. The highest BCUT2D eigenvalue weighted by Gasteiger charge is 2.24. The molecule has 0 aliphatic carbocycles. The summed E-state index contributed by atoms with van der Waals surface area (Å²) in [4.78, 5) is 18.9. The number of nitrogens with zero attached hydrogens (tertiary/aromatic N) is 2. The Hall–Kier alpha value is -2.60. The Bertz CT molecular complexity index is 761. The van der Waals surface area contributed by atoms with Gasteiger partial charge in [0.15, 0.2) is 0 Å². The quantitative estimate of drug-likeness (QED) is 0.932. The summed E-state index contributed by atoms with van der Waals surface area (Å²) >= 11 is 0. The topological polar surface area (TPSA) is 71.9 Å². The van der Waals surface area contributed by atoms with E-state index in [1.165, 1.54) is 7.11 Å². The number of carbonyl (C=O) groups excluding carboxylic acids is 1. The molecule has 1 amide bonds. The molecule has 2 heterocycles. The molecule has 1 aliphatic rings. The second-order valence-corrected chi connectivity index (χ2v) is 5.70. The number of methoxy groups -OCH3 is 1. The molecule has 3 rings (SSSR count). The molecule has 2 aromatic rings. The number of pyridine rings is 1. The largest absolute Gasteiger partial charge is 0.494 e. The zero-order chi connectivity index (χ0) is 17.1. The number of ether oxygens (including phenoxy) is 2.